The number of ether oxygens (including phenoxy) is 1. The Balaban J connectivity index is 1.44. The first kappa shape index (κ1) is 15.8. The number of amides is 1. The van der Waals surface area contributed by atoms with E-state index in [0.29, 0.717) is 12.0 Å². The Kier molecular flexibility index (Phi) is 7.37. The minimum Gasteiger partial charge on any atom is -0.378 e. The van der Waals surface area contributed by atoms with E-state index in [9.17, 15) is 4.79 Å². The molecule has 2 fully saturated rings. The number of nitrogens with one attached hydrogen (secondary N) is 2. The first-order chi connectivity index (χ1) is 9.84. The lowest BCUT2D eigenvalue weighted by Crippen LogP contribution is -2.33. The zero-order valence-electron chi connectivity index (χ0n) is 12.7. The van der Waals surface area contributed by atoms with Gasteiger partial charge >= 0.3 is 0 Å². The molecule has 2 rings (SSSR count). The van der Waals surface area contributed by atoms with Crippen molar-refractivity contribution in [3.8, 4) is 0 Å². The van der Waals surface area contributed by atoms with E-state index in [4.69, 9.17) is 4.74 Å². The molecule has 1 aliphatic carbocycles. The molecule has 0 bridgehead atoms. The van der Waals surface area contributed by atoms with Crippen LogP contribution in [0.1, 0.15) is 57.8 Å². The highest BCUT2D eigenvalue weighted by Crippen LogP contribution is 2.25. The van der Waals surface area contributed by atoms with Crippen molar-refractivity contribution >= 4 is 5.91 Å². The van der Waals surface area contributed by atoms with E-state index in [0.717, 1.165) is 51.9 Å². The standard InChI is InChI=1S/C16H30N2O2/c19-16(13-14-5-2-1-3-6-14)18-9-4-12-20-15-7-10-17-11-8-15/h14-15,17H,1-13H2,(H,18,19). The lowest BCUT2D eigenvalue weighted by molar-refractivity contribution is -0.122. The average Bonchev–Trinajstić information content (AvgIpc) is 2.49. The SMILES string of the molecule is O=C(CC1CCCCC1)NCCCOC1CCNCC1. The highest BCUT2D eigenvalue weighted by Gasteiger charge is 2.16. The van der Waals surface area contributed by atoms with E-state index >= 15 is 0 Å². The Labute approximate surface area is 123 Å². The summed E-state index contributed by atoms with van der Waals surface area (Å²) in [7, 11) is 0. The Bertz CT molecular complexity index is 272. The Morgan fingerprint density at radius 2 is 1.85 bits per heavy atom. The van der Waals surface area contributed by atoms with Crippen LogP contribution in [0, 0.1) is 5.92 Å². The van der Waals surface area contributed by atoms with Crippen LogP contribution < -0.4 is 10.6 Å². The van der Waals surface area contributed by atoms with Crippen LogP contribution in [0.4, 0.5) is 0 Å². The highest BCUT2D eigenvalue weighted by atomic mass is 16.5. The minimum atomic E-state index is 0.235. The van der Waals surface area contributed by atoms with Gasteiger partial charge in [-0.2, -0.15) is 0 Å². The van der Waals surface area contributed by atoms with Gasteiger partial charge in [0.15, 0.2) is 0 Å². The van der Waals surface area contributed by atoms with E-state index in [1.165, 1.54) is 32.1 Å². The normalized spacial score (nSPS) is 21.8. The molecule has 0 aromatic heterocycles. The maximum atomic E-state index is 11.8. The van der Waals surface area contributed by atoms with Crippen molar-refractivity contribution in [1.29, 1.82) is 0 Å². The molecule has 0 radical (unpaired) electrons. The van der Waals surface area contributed by atoms with Gasteiger partial charge in [-0.05, 0) is 51.1 Å². The van der Waals surface area contributed by atoms with Gasteiger partial charge in [0.25, 0.3) is 0 Å². The molecular weight excluding hydrogens is 252 g/mol. The van der Waals surface area contributed by atoms with Crippen molar-refractivity contribution in [3.63, 3.8) is 0 Å². The van der Waals surface area contributed by atoms with Crippen LogP contribution in [0.2, 0.25) is 0 Å². The molecule has 116 valence electrons. The van der Waals surface area contributed by atoms with Gasteiger partial charge < -0.3 is 15.4 Å². The van der Waals surface area contributed by atoms with Crippen LogP contribution in [0.3, 0.4) is 0 Å². The summed E-state index contributed by atoms with van der Waals surface area (Å²) in [5, 5.41) is 6.37. The molecule has 1 aliphatic heterocycles. The quantitative estimate of drug-likeness (QED) is 0.704. The lowest BCUT2D eigenvalue weighted by atomic mass is 9.87. The monoisotopic (exact) mass is 282 g/mol. The van der Waals surface area contributed by atoms with Crippen molar-refractivity contribution in [1.82, 2.24) is 10.6 Å². The molecule has 1 amide bonds. The predicted octanol–water partition coefficient (Wildman–Crippen LogP) is 2.23. The second-order valence-corrected chi connectivity index (χ2v) is 6.23. The largest absolute Gasteiger partial charge is 0.378 e. The second-order valence-electron chi connectivity index (χ2n) is 6.23. The highest BCUT2D eigenvalue weighted by molar-refractivity contribution is 5.76. The Hall–Kier alpha value is -0.610. The Morgan fingerprint density at radius 3 is 2.60 bits per heavy atom. The van der Waals surface area contributed by atoms with Crippen LogP contribution in [0.5, 0.6) is 0 Å². The van der Waals surface area contributed by atoms with Crippen molar-refractivity contribution in [2.75, 3.05) is 26.2 Å². The van der Waals surface area contributed by atoms with Gasteiger partial charge in [-0.15, -0.1) is 0 Å². The number of carbonyl (C=O) groups is 1. The van der Waals surface area contributed by atoms with Crippen LogP contribution in [-0.2, 0) is 9.53 Å². The van der Waals surface area contributed by atoms with Crippen molar-refractivity contribution in [2.24, 2.45) is 5.92 Å². The summed E-state index contributed by atoms with van der Waals surface area (Å²) in [6.07, 6.45) is 10.8. The smallest absolute Gasteiger partial charge is 0.220 e. The number of piperidine rings is 1. The molecule has 2 N–H and O–H groups in total. The third-order valence-corrected chi connectivity index (χ3v) is 4.48. The molecule has 4 heteroatoms. The molecule has 0 aromatic rings. The second kappa shape index (κ2) is 9.35. The number of rotatable bonds is 7. The molecule has 2 aliphatic rings. The van der Waals surface area contributed by atoms with Crippen LogP contribution >= 0.6 is 0 Å². The average molecular weight is 282 g/mol. The van der Waals surface area contributed by atoms with E-state index in [-0.39, 0.29) is 5.91 Å². The number of carbonyl (C=O) groups excluding carboxylic acids is 1. The molecule has 1 heterocycles. The minimum absolute atomic E-state index is 0.235. The zero-order chi connectivity index (χ0) is 14.0. The molecule has 20 heavy (non-hydrogen) atoms. The van der Waals surface area contributed by atoms with Crippen LogP contribution in [-0.4, -0.2) is 38.3 Å². The van der Waals surface area contributed by atoms with E-state index in [1.54, 1.807) is 0 Å². The fourth-order valence-corrected chi connectivity index (χ4v) is 3.24. The van der Waals surface area contributed by atoms with E-state index in [2.05, 4.69) is 10.6 Å². The van der Waals surface area contributed by atoms with Crippen LogP contribution in [0.15, 0.2) is 0 Å². The third kappa shape index (κ3) is 6.23. The van der Waals surface area contributed by atoms with Crippen molar-refractivity contribution in [3.05, 3.63) is 0 Å². The Morgan fingerprint density at radius 1 is 1.10 bits per heavy atom. The summed E-state index contributed by atoms with van der Waals surface area (Å²) in [5.74, 6) is 0.869. The summed E-state index contributed by atoms with van der Waals surface area (Å²) in [6.45, 7) is 3.68. The fourth-order valence-electron chi connectivity index (χ4n) is 3.24. The molecular formula is C16H30N2O2. The molecule has 0 unspecified atom stereocenters. The van der Waals surface area contributed by atoms with Gasteiger partial charge in [0.05, 0.1) is 6.10 Å². The molecule has 0 atom stereocenters. The predicted molar refractivity (Wildman–Crippen MR) is 80.7 cm³/mol. The summed E-state index contributed by atoms with van der Waals surface area (Å²) in [6, 6.07) is 0. The summed E-state index contributed by atoms with van der Waals surface area (Å²) in [4.78, 5) is 11.8. The molecule has 1 saturated carbocycles. The maximum absolute atomic E-state index is 11.8. The van der Waals surface area contributed by atoms with Crippen molar-refractivity contribution < 1.29 is 9.53 Å². The van der Waals surface area contributed by atoms with Gasteiger partial charge in [0, 0.05) is 19.6 Å². The number of hydrogen-bond donors (Lipinski definition) is 2. The third-order valence-electron chi connectivity index (χ3n) is 4.48. The maximum Gasteiger partial charge on any atom is 0.220 e. The van der Waals surface area contributed by atoms with Crippen LogP contribution in [0.25, 0.3) is 0 Å². The first-order valence-corrected chi connectivity index (χ1v) is 8.43. The van der Waals surface area contributed by atoms with Gasteiger partial charge in [-0.1, -0.05) is 19.3 Å². The number of hydrogen-bond acceptors (Lipinski definition) is 3. The summed E-state index contributed by atoms with van der Waals surface area (Å²) >= 11 is 0. The summed E-state index contributed by atoms with van der Waals surface area (Å²) in [5.41, 5.74) is 0. The lowest BCUT2D eigenvalue weighted by Gasteiger charge is -2.23. The molecule has 0 aromatic carbocycles. The van der Waals surface area contributed by atoms with E-state index < -0.39 is 0 Å². The van der Waals surface area contributed by atoms with Gasteiger partial charge in [0.1, 0.15) is 0 Å². The van der Waals surface area contributed by atoms with Gasteiger partial charge in [-0.25, -0.2) is 0 Å². The molecule has 0 spiro atoms. The first-order valence-electron chi connectivity index (χ1n) is 8.43. The van der Waals surface area contributed by atoms with Crippen molar-refractivity contribution in [2.45, 2.75) is 63.9 Å². The van der Waals surface area contributed by atoms with Gasteiger partial charge in [-0.3, -0.25) is 4.79 Å². The zero-order valence-corrected chi connectivity index (χ0v) is 12.7. The fraction of sp³-hybridized carbons (Fsp3) is 0.938. The molecule has 1 saturated heterocycles. The molecule has 4 nitrogen and oxygen atoms in total. The topological polar surface area (TPSA) is 50.4 Å². The summed E-state index contributed by atoms with van der Waals surface area (Å²) < 4.78 is 5.82. The van der Waals surface area contributed by atoms with Gasteiger partial charge in [0.2, 0.25) is 5.91 Å². The van der Waals surface area contributed by atoms with E-state index in [1.807, 2.05) is 0 Å².